The Morgan fingerprint density at radius 3 is 2.77 bits per heavy atom. The number of alkyl halides is 2. The maximum absolute atomic E-state index is 12.6. The van der Waals surface area contributed by atoms with Crippen LogP contribution in [0.2, 0.25) is 0 Å². The lowest BCUT2D eigenvalue weighted by Crippen LogP contribution is -1.85. The molecule has 0 saturated heterocycles. The molecule has 0 unspecified atom stereocenters. The van der Waals surface area contributed by atoms with Crippen LogP contribution in [0.4, 0.5) is 13.2 Å². The fraction of sp³-hybridized carbons (Fsp3) is 0.125. The third-order valence-corrected chi connectivity index (χ3v) is 1.75. The molecule has 0 bridgehead atoms. The summed E-state index contributed by atoms with van der Waals surface area (Å²) in [5.74, 6) is 0. The van der Waals surface area contributed by atoms with Crippen molar-refractivity contribution in [2.24, 2.45) is 0 Å². The van der Waals surface area contributed by atoms with E-state index in [4.69, 9.17) is 0 Å². The summed E-state index contributed by atoms with van der Waals surface area (Å²) in [5.41, 5.74) is 0.0305. The highest BCUT2D eigenvalue weighted by molar-refractivity contribution is 5.78. The van der Waals surface area contributed by atoms with Crippen LogP contribution in [0.1, 0.15) is 12.0 Å². The molecule has 68 valence electrons. The zero-order valence-corrected chi connectivity index (χ0v) is 6.39. The van der Waals surface area contributed by atoms with E-state index in [0.29, 0.717) is 0 Å². The number of imidazole rings is 1. The van der Waals surface area contributed by atoms with Crippen molar-refractivity contribution in [2.45, 2.75) is 6.43 Å². The van der Waals surface area contributed by atoms with Gasteiger partial charge in [-0.1, -0.05) is 12.1 Å². The van der Waals surface area contributed by atoms with E-state index < -0.39 is 12.5 Å². The van der Waals surface area contributed by atoms with Crippen LogP contribution in [0.25, 0.3) is 11.0 Å². The average molecular weight is 186 g/mol. The van der Waals surface area contributed by atoms with Gasteiger partial charge in [0.05, 0.1) is 5.52 Å². The minimum absolute atomic E-state index is 0.00463. The molecule has 2 nitrogen and oxygen atoms in total. The molecule has 1 heterocycles. The summed E-state index contributed by atoms with van der Waals surface area (Å²) >= 11 is 0. The molecule has 1 N–H and O–H groups in total. The number of nitrogens with zero attached hydrogens (tertiary/aromatic N) is 1. The highest BCUT2D eigenvalue weighted by Gasteiger charge is 2.14. The average Bonchev–Trinajstić information content (AvgIpc) is 2.43. The maximum atomic E-state index is 12.6. The van der Waals surface area contributed by atoms with Crippen LogP contribution >= 0.6 is 0 Å². The maximum Gasteiger partial charge on any atom is 0.287 e. The zero-order chi connectivity index (χ0) is 9.42. The molecule has 0 radical (unpaired) electrons. The molecule has 13 heavy (non-hydrogen) atoms. The van der Waals surface area contributed by atoms with Crippen LogP contribution in [0.5, 0.6) is 0 Å². The van der Waals surface area contributed by atoms with Gasteiger partial charge in [-0.25, -0.2) is 13.8 Å². The predicted octanol–water partition coefficient (Wildman–Crippen LogP) is 2.64. The topological polar surface area (TPSA) is 28.7 Å². The Balaban J connectivity index is 2.75. The van der Waals surface area contributed by atoms with Gasteiger partial charge in [-0.3, -0.25) is 0 Å². The summed E-state index contributed by atoms with van der Waals surface area (Å²) in [7, 11) is 0. The van der Waals surface area contributed by atoms with E-state index in [-0.39, 0.29) is 16.6 Å². The van der Waals surface area contributed by atoms with Gasteiger partial charge in [-0.05, 0) is 6.07 Å². The Labute approximate surface area is 71.4 Å². The van der Waals surface area contributed by atoms with E-state index in [1.165, 1.54) is 18.2 Å². The van der Waals surface area contributed by atoms with E-state index in [2.05, 4.69) is 9.97 Å². The number of para-hydroxylation sites is 1. The van der Waals surface area contributed by atoms with Crippen molar-refractivity contribution in [1.29, 1.82) is 0 Å². The molecule has 2 rings (SSSR count). The molecule has 2 aromatic rings. The molecule has 1 aromatic carbocycles. The summed E-state index contributed by atoms with van der Waals surface area (Å²) in [6, 6.07) is 4.16. The summed E-state index contributed by atoms with van der Waals surface area (Å²) in [4.78, 5) is 5.57. The molecule has 0 saturated carbocycles. The number of nitrogens with one attached hydrogen (secondary N) is 1. The van der Waals surface area contributed by atoms with Gasteiger partial charge in [-0.2, -0.15) is 4.39 Å². The summed E-state index contributed by atoms with van der Waals surface area (Å²) in [6.07, 6.45) is -3.48. The van der Waals surface area contributed by atoms with Gasteiger partial charge in [0, 0.05) is 5.56 Å². The Kier molecular flexibility index (Phi) is 1.72. The second kappa shape index (κ2) is 2.76. The Morgan fingerprint density at radius 2 is 2.08 bits per heavy atom. The SMILES string of the molecule is Fc1nc2c(C(F)F)cccc2[nH]1. The van der Waals surface area contributed by atoms with Gasteiger partial charge in [0.2, 0.25) is 0 Å². The molecule has 1 aromatic heterocycles. The van der Waals surface area contributed by atoms with Crippen molar-refractivity contribution in [2.75, 3.05) is 0 Å². The number of hydrogen-bond donors (Lipinski definition) is 1. The van der Waals surface area contributed by atoms with Gasteiger partial charge < -0.3 is 4.98 Å². The third-order valence-electron chi connectivity index (χ3n) is 1.75. The smallest absolute Gasteiger partial charge is 0.287 e. The minimum Gasteiger partial charge on any atom is -0.314 e. The molecule has 0 aliphatic rings. The quantitative estimate of drug-likeness (QED) is 0.728. The number of H-pyrrole nitrogens is 1. The molecule has 0 aliphatic carbocycles. The number of aromatic nitrogens is 2. The van der Waals surface area contributed by atoms with E-state index in [9.17, 15) is 13.2 Å². The predicted molar refractivity (Wildman–Crippen MR) is 41.0 cm³/mol. The Hall–Kier alpha value is -1.52. The van der Waals surface area contributed by atoms with Crippen molar-refractivity contribution in [3.05, 3.63) is 29.8 Å². The van der Waals surface area contributed by atoms with Crippen molar-refractivity contribution >= 4 is 11.0 Å². The summed E-state index contributed by atoms with van der Waals surface area (Å²) < 4.78 is 37.2. The normalized spacial score (nSPS) is 11.4. The Bertz CT molecular complexity index is 436. The monoisotopic (exact) mass is 186 g/mol. The van der Waals surface area contributed by atoms with Crippen LogP contribution < -0.4 is 0 Å². The Morgan fingerprint density at radius 1 is 1.31 bits per heavy atom. The molecule has 0 atom stereocenters. The third kappa shape index (κ3) is 1.26. The van der Waals surface area contributed by atoms with Gasteiger partial charge in [0.15, 0.2) is 0 Å². The fourth-order valence-electron chi connectivity index (χ4n) is 1.20. The molecule has 0 fully saturated rings. The number of benzene rings is 1. The molecule has 0 aliphatic heterocycles. The first-order chi connectivity index (χ1) is 6.18. The standard InChI is InChI=1S/C8H5F3N2/c9-7(10)4-2-1-3-5-6(4)13-8(11)12-5/h1-3,7H,(H,12,13). The first-order valence-electron chi connectivity index (χ1n) is 3.61. The van der Waals surface area contributed by atoms with Gasteiger partial charge in [0.1, 0.15) is 5.52 Å². The molecular weight excluding hydrogens is 181 g/mol. The van der Waals surface area contributed by atoms with Crippen LogP contribution in [0.15, 0.2) is 18.2 Å². The number of halogens is 3. The lowest BCUT2D eigenvalue weighted by Gasteiger charge is -1.98. The van der Waals surface area contributed by atoms with E-state index >= 15 is 0 Å². The summed E-state index contributed by atoms with van der Waals surface area (Å²) in [6.45, 7) is 0. The van der Waals surface area contributed by atoms with Gasteiger partial charge in [-0.15, -0.1) is 0 Å². The van der Waals surface area contributed by atoms with Gasteiger partial charge >= 0.3 is 0 Å². The first-order valence-corrected chi connectivity index (χ1v) is 3.61. The van der Waals surface area contributed by atoms with E-state index in [1.54, 1.807) is 0 Å². The highest BCUT2D eigenvalue weighted by Crippen LogP contribution is 2.25. The minimum atomic E-state index is -2.63. The van der Waals surface area contributed by atoms with Crippen molar-refractivity contribution < 1.29 is 13.2 Å². The number of rotatable bonds is 1. The second-order valence-corrected chi connectivity index (χ2v) is 2.57. The van der Waals surface area contributed by atoms with Crippen LogP contribution in [-0.2, 0) is 0 Å². The van der Waals surface area contributed by atoms with E-state index in [1.807, 2.05) is 0 Å². The summed E-state index contributed by atoms with van der Waals surface area (Å²) in [5, 5.41) is 0. The van der Waals surface area contributed by atoms with Gasteiger partial charge in [0.25, 0.3) is 12.5 Å². The number of aromatic amines is 1. The van der Waals surface area contributed by atoms with E-state index in [0.717, 1.165) is 0 Å². The lowest BCUT2D eigenvalue weighted by molar-refractivity contribution is 0.153. The highest BCUT2D eigenvalue weighted by atomic mass is 19.3. The van der Waals surface area contributed by atoms with Crippen molar-refractivity contribution in [1.82, 2.24) is 9.97 Å². The molecule has 5 heteroatoms. The van der Waals surface area contributed by atoms with Crippen LogP contribution in [0, 0.1) is 6.08 Å². The molecule has 0 spiro atoms. The largest absolute Gasteiger partial charge is 0.314 e. The van der Waals surface area contributed by atoms with Crippen LogP contribution in [0.3, 0.4) is 0 Å². The van der Waals surface area contributed by atoms with Crippen LogP contribution in [-0.4, -0.2) is 9.97 Å². The second-order valence-electron chi connectivity index (χ2n) is 2.57. The van der Waals surface area contributed by atoms with Crippen molar-refractivity contribution in [3.63, 3.8) is 0 Å². The number of hydrogen-bond acceptors (Lipinski definition) is 1. The molecular formula is C8H5F3N2. The van der Waals surface area contributed by atoms with Crippen molar-refractivity contribution in [3.8, 4) is 0 Å². The fourth-order valence-corrected chi connectivity index (χ4v) is 1.20. The zero-order valence-electron chi connectivity index (χ0n) is 6.39. The number of fused-ring (bicyclic) bond motifs is 1. The lowest BCUT2D eigenvalue weighted by atomic mass is 10.2. The first kappa shape index (κ1) is 8.10. The molecule has 0 amide bonds.